The molecule has 1 aliphatic heterocycles. The number of rotatable bonds is 9. The molecule has 11 heteroatoms. The van der Waals surface area contributed by atoms with Crippen LogP contribution in [0, 0.1) is 24.0 Å². The van der Waals surface area contributed by atoms with Gasteiger partial charge < -0.3 is 14.2 Å². The van der Waals surface area contributed by atoms with E-state index in [0.717, 1.165) is 10.4 Å². The van der Waals surface area contributed by atoms with Crippen LogP contribution in [0.4, 0.5) is 5.69 Å². The third kappa shape index (κ3) is 4.91. The first-order chi connectivity index (χ1) is 15.9. The fraction of sp³-hybridized carbons (Fsp3) is 0.455. The van der Waals surface area contributed by atoms with Crippen molar-refractivity contribution in [3.05, 3.63) is 54.2 Å². The van der Waals surface area contributed by atoms with E-state index in [0.29, 0.717) is 64.2 Å². The second kappa shape index (κ2) is 10.2. The highest BCUT2D eigenvalue weighted by Gasteiger charge is 2.22. The maximum Gasteiger partial charge on any atom is 0.270 e. The predicted molar refractivity (Wildman–Crippen MR) is 127 cm³/mol. The Balaban J connectivity index is 1.70. The highest BCUT2D eigenvalue weighted by atomic mass is 32.2. The second-order valence-electron chi connectivity index (χ2n) is 7.61. The SMILES string of the molecule is CCOCCCn1c(SCc2cc([N+](=O)[O-])cc3c2OCOC3)nc2sc(C)c(C)c2c1=O. The van der Waals surface area contributed by atoms with E-state index in [1.807, 2.05) is 20.8 Å². The van der Waals surface area contributed by atoms with Crippen LogP contribution in [0.1, 0.15) is 34.9 Å². The summed E-state index contributed by atoms with van der Waals surface area (Å²) in [5.41, 5.74) is 2.21. The molecule has 1 aliphatic rings. The molecule has 0 spiro atoms. The van der Waals surface area contributed by atoms with Crippen molar-refractivity contribution in [2.45, 2.75) is 51.3 Å². The molecule has 2 aromatic heterocycles. The summed E-state index contributed by atoms with van der Waals surface area (Å²) in [5.74, 6) is 0.977. The molecule has 0 radical (unpaired) electrons. The van der Waals surface area contributed by atoms with Crippen LogP contribution in [-0.2, 0) is 28.4 Å². The Morgan fingerprint density at radius 1 is 1.36 bits per heavy atom. The number of nitrogens with zero attached hydrogens (tertiary/aromatic N) is 3. The first kappa shape index (κ1) is 23.7. The van der Waals surface area contributed by atoms with Gasteiger partial charge in [0, 0.05) is 53.6 Å². The summed E-state index contributed by atoms with van der Waals surface area (Å²) < 4.78 is 18.1. The molecule has 1 aromatic carbocycles. The summed E-state index contributed by atoms with van der Waals surface area (Å²) in [7, 11) is 0. The largest absolute Gasteiger partial charge is 0.467 e. The molecule has 0 N–H and O–H groups in total. The molecule has 9 nitrogen and oxygen atoms in total. The zero-order valence-electron chi connectivity index (χ0n) is 18.7. The van der Waals surface area contributed by atoms with Crippen LogP contribution in [0.2, 0.25) is 0 Å². The predicted octanol–water partition coefficient (Wildman–Crippen LogP) is 4.57. The number of fused-ring (bicyclic) bond motifs is 2. The molecule has 0 saturated heterocycles. The third-order valence-electron chi connectivity index (χ3n) is 5.47. The van der Waals surface area contributed by atoms with Crippen molar-refractivity contribution >= 4 is 39.0 Å². The Hall–Kier alpha value is -2.47. The monoisotopic (exact) mass is 491 g/mol. The topological polar surface area (TPSA) is 106 Å². The summed E-state index contributed by atoms with van der Waals surface area (Å²) in [6, 6.07) is 3.00. The average molecular weight is 492 g/mol. The molecular weight excluding hydrogens is 466 g/mol. The molecule has 0 bridgehead atoms. The number of non-ortho nitro benzene ring substituents is 1. The van der Waals surface area contributed by atoms with Gasteiger partial charge in [0.1, 0.15) is 10.6 Å². The molecule has 4 rings (SSSR count). The van der Waals surface area contributed by atoms with Gasteiger partial charge in [-0.05, 0) is 32.8 Å². The lowest BCUT2D eigenvalue weighted by atomic mass is 10.1. The quantitative estimate of drug-likeness (QED) is 0.141. The van der Waals surface area contributed by atoms with Gasteiger partial charge in [-0.3, -0.25) is 19.5 Å². The van der Waals surface area contributed by atoms with Crippen molar-refractivity contribution in [1.82, 2.24) is 9.55 Å². The van der Waals surface area contributed by atoms with Crippen LogP contribution in [0.5, 0.6) is 5.75 Å². The van der Waals surface area contributed by atoms with Gasteiger partial charge in [0.05, 0.1) is 16.9 Å². The van der Waals surface area contributed by atoms with E-state index in [-0.39, 0.29) is 24.6 Å². The van der Waals surface area contributed by atoms with E-state index < -0.39 is 4.92 Å². The van der Waals surface area contributed by atoms with Gasteiger partial charge >= 0.3 is 0 Å². The normalized spacial score (nSPS) is 13.2. The smallest absolute Gasteiger partial charge is 0.270 e. The van der Waals surface area contributed by atoms with Crippen molar-refractivity contribution in [1.29, 1.82) is 0 Å². The van der Waals surface area contributed by atoms with Crippen LogP contribution in [-0.4, -0.2) is 34.5 Å². The number of aryl methyl sites for hydroxylation is 2. The van der Waals surface area contributed by atoms with Crippen LogP contribution >= 0.6 is 23.1 Å². The van der Waals surface area contributed by atoms with Crippen molar-refractivity contribution in [3.8, 4) is 5.75 Å². The van der Waals surface area contributed by atoms with Crippen molar-refractivity contribution in [2.24, 2.45) is 0 Å². The van der Waals surface area contributed by atoms with Gasteiger partial charge in [-0.1, -0.05) is 11.8 Å². The lowest BCUT2D eigenvalue weighted by molar-refractivity contribution is -0.385. The van der Waals surface area contributed by atoms with Crippen molar-refractivity contribution in [3.63, 3.8) is 0 Å². The van der Waals surface area contributed by atoms with E-state index in [1.165, 1.54) is 35.2 Å². The molecule has 3 aromatic rings. The lowest BCUT2D eigenvalue weighted by Gasteiger charge is -2.20. The summed E-state index contributed by atoms with van der Waals surface area (Å²) in [6.45, 7) is 7.89. The van der Waals surface area contributed by atoms with Gasteiger partial charge in [0.15, 0.2) is 11.9 Å². The summed E-state index contributed by atoms with van der Waals surface area (Å²) in [6.07, 6.45) is 0.684. The summed E-state index contributed by atoms with van der Waals surface area (Å²) in [4.78, 5) is 31.0. The molecule has 176 valence electrons. The van der Waals surface area contributed by atoms with Crippen molar-refractivity contribution < 1.29 is 19.1 Å². The molecule has 0 atom stereocenters. The Labute approximate surface area is 198 Å². The number of nitro groups is 1. The van der Waals surface area contributed by atoms with E-state index in [9.17, 15) is 14.9 Å². The molecular formula is C22H25N3O6S2. The fourth-order valence-electron chi connectivity index (χ4n) is 3.72. The highest BCUT2D eigenvalue weighted by molar-refractivity contribution is 7.98. The van der Waals surface area contributed by atoms with Gasteiger partial charge in [0.2, 0.25) is 0 Å². The van der Waals surface area contributed by atoms with E-state index in [4.69, 9.17) is 19.2 Å². The van der Waals surface area contributed by atoms with Gasteiger partial charge in [-0.25, -0.2) is 4.98 Å². The van der Waals surface area contributed by atoms with Gasteiger partial charge in [-0.15, -0.1) is 11.3 Å². The zero-order chi connectivity index (χ0) is 23.5. The Morgan fingerprint density at radius 2 is 2.18 bits per heavy atom. The van der Waals surface area contributed by atoms with E-state index in [1.54, 1.807) is 4.57 Å². The first-order valence-corrected chi connectivity index (χ1v) is 12.4. The number of aromatic nitrogens is 2. The Morgan fingerprint density at radius 3 is 2.94 bits per heavy atom. The van der Waals surface area contributed by atoms with Crippen molar-refractivity contribution in [2.75, 3.05) is 20.0 Å². The van der Waals surface area contributed by atoms with Crippen LogP contribution < -0.4 is 10.3 Å². The average Bonchev–Trinajstić information content (AvgIpc) is 3.09. The summed E-state index contributed by atoms with van der Waals surface area (Å²) >= 11 is 2.88. The molecule has 3 heterocycles. The van der Waals surface area contributed by atoms with Crippen LogP contribution in [0.25, 0.3) is 10.2 Å². The maximum absolute atomic E-state index is 13.4. The molecule has 0 amide bonds. The van der Waals surface area contributed by atoms with Gasteiger partial charge in [0.25, 0.3) is 11.2 Å². The first-order valence-electron chi connectivity index (χ1n) is 10.6. The lowest BCUT2D eigenvalue weighted by Crippen LogP contribution is -2.24. The standard InChI is InChI=1S/C22H25N3O6S2/c1-4-29-7-5-6-24-21(26)18-13(2)14(3)33-20(18)23-22(24)32-11-16-9-17(25(27)28)8-15-10-30-12-31-19(15)16/h8-9H,4-7,10-12H2,1-3H3. The molecule has 33 heavy (non-hydrogen) atoms. The number of ether oxygens (including phenoxy) is 3. The fourth-order valence-corrected chi connectivity index (χ4v) is 5.78. The number of benzene rings is 1. The Bertz CT molecular complexity index is 1250. The number of nitro benzene ring substituents is 1. The highest BCUT2D eigenvalue weighted by Crippen LogP contribution is 2.36. The number of thioether (sulfide) groups is 1. The summed E-state index contributed by atoms with van der Waals surface area (Å²) in [5, 5.41) is 12.7. The number of hydrogen-bond donors (Lipinski definition) is 0. The molecule has 0 unspecified atom stereocenters. The number of thiophene rings is 1. The van der Waals surface area contributed by atoms with Crippen LogP contribution in [0.15, 0.2) is 22.1 Å². The molecule has 0 saturated carbocycles. The minimum atomic E-state index is -0.422. The molecule has 0 aliphatic carbocycles. The maximum atomic E-state index is 13.4. The minimum Gasteiger partial charge on any atom is -0.467 e. The van der Waals surface area contributed by atoms with Gasteiger partial charge in [-0.2, -0.15) is 0 Å². The Kier molecular flexibility index (Phi) is 7.32. The second-order valence-corrected chi connectivity index (χ2v) is 9.76. The molecule has 0 fully saturated rings. The number of hydrogen-bond acceptors (Lipinski definition) is 9. The van der Waals surface area contributed by atoms with Crippen LogP contribution in [0.3, 0.4) is 0 Å². The third-order valence-corrected chi connectivity index (χ3v) is 7.59. The van der Waals surface area contributed by atoms with E-state index in [2.05, 4.69) is 0 Å². The zero-order valence-corrected chi connectivity index (χ0v) is 20.3. The minimum absolute atomic E-state index is 0.0135. The van der Waals surface area contributed by atoms with E-state index >= 15 is 0 Å².